The minimum absolute atomic E-state index is 0.211. The summed E-state index contributed by atoms with van der Waals surface area (Å²) in [5.74, 6) is 1.18. The third kappa shape index (κ3) is 4.71. The highest BCUT2D eigenvalue weighted by atomic mass is 32.2. The summed E-state index contributed by atoms with van der Waals surface area (Å²) in [4.78, 5) is 8.64. The molecule has 0 fully saturated rings. The molecule has 8 heteroatoms. The lowest BCUT2D eigenvalue weighted by atomic mass is 10.2. The minimum Gasteiger partial charge on any atom is -0.493 e. The number of aromatic nitrogens is 2. The number of nitriles is 1. The standard InChI is InChI=1S/C19H18N4O3S/c1-27(24,25)16-7-8-18-17(12-16)19(22-13-21-18)23-14-5-4-6-15(11-14)26-10-3-2-9-20/h4-8,11-13H,2-3,10H2,1H3,(H,21,22,23). The van der Waals surface area contributed by atoms with E-state index in [1.807, 2.05) is 24.3 Å². The fraction of sp³-hybridized carbons (Fsp3) is 0.211. The van der Waals surface area contributed by atoms with Crippen molar-refractivity contribution in [3.05, 3.63) is 48.8 Å². The zero-order valence-electron chi connectivity index (χ0n) is 14.7. The summed E-state index contributed by atoms with van der Waals surface area (Å²) in [5, 5.41) is 12.4. The summed E-state index contributed by atoms with van der Waals surface area (Å²) >= 11 is 0. The van der Waals surface area contributed by atoms with Gasteiger partial charge in [0.1, 0.15) is 17.9 Å². The van der Waals surface area contributed by atoms with Crippen LogP contribution in [0, 0.1) is 11.3 Å². The number of nitrogens with one attached hydrogen (secondary N) is 1. The van der Waals surface area contributed by atoms with Gasteiger partial charge in [-0.15, -0.1) is 0 Å². The lowest BCUT2D eigenvalue weighted by Crippen LogP contribution is -2.00. The van der Waals surface area contributed by atoms with Crippen LogP contribution in [0.1, 0.15) is 12.8 Å². The molecule has 1 heterocycles. The molecule has 0 saturated heterocycles. The average molecular weight is 382 g/mol. The molecule has 0 aliphatic rings. The fourth-order valence-electron chi connectivity index (χ4n) is 2.51. The van der Waals surface area contributed by atoms with Gasteiger partial charge in [-0.05, 0) is 36.8 Å². The van der Waals surface area contributed by atoms with E-state index in [2.05, 4.69) is 21.4 Å². The van der Waals surface area contributed by atoms with Crippen molar-refractivity contribution in [2.45, 2.75) is 17.7 Å². The normalized spacial score (nSPS) is 11.1. The Bertz CT molecular complexity index is 1110. The molecule has 1 aromatic heterocycles. The third-order valence-electron chi connectivity index (χ3n) is 3.83. The molecule has 0 spiro atoms. The van der Waals surface area contributed by atoms with Gasteiger partial charge in [0, 0.05) is 29.8 Å². The van der Waals surface area contributed by atoms with Crippen molar-refractivity contribution in [2.24, 2.45) is 0 Å². The van der Waals surface area contributed by atoms with E-state index in [1.54, 1.807) is 12.1 Å². The van der Waals surface area contributed by atoms with E-state index in [0.29, 0.717) is 41.9 Å². The molecule has 2 aromatic carbocycles. The molecule has 0 saturated carbocycles. The van der Waals surface area contributed by atoms with Gasteiger partial charge in [-0.3, -0.25) is 0 Å². The SMILES string of the molecule is CS(=O)(=O)c1ccc2ncnc(Nc3cccc(OCCCC#N)c3)c2c1. The average Bonchev–Trinajstić information content (AvgIpc) is 2.65. The number of hydrogen-bond acceptors (Lipinski definition) is 7. The lowest BCUT2D eigenvalue weighted by molar-refractivity contribution is 0.313. The van der Waals surface area contributed by atoms with Crippen LogP contribution in [0.2, 0.25) is 0 Å². The van der Waals surface area contributed by atoms with Crippen LogP contribution < -0.4 is 10.1 Å². The van der Waals surface area contributed by atoms with Crippen molar-refractivity contribution in [1.82, 2.24) is 9.97 Å². The molecule has 1 N–H and O–H groups in total. The van der Waals surface area contributed by atoms with Crippen LogP contribution in [0.5, 0.6) is 5.75 Å². The van der Waals surface area contributed by atoms with Crippen molar-refractivity contribution in [3.8, 4) is 11.8 Å². The Balaban J connectivity index is 1.87. The minimum atomic E-state index is -3.33. The monoisotopic (exact) mass is 382 g/mol. The maximum Gasteiger partial charge on any atom is 0.175 e. The van der Waals surface area contributed by atoms with Gasteiger partial charge in [-0.1, -0.05) is 6.07 Å². The Kier molecular flexibility index (Phi) is 5.52. The molecular formula is C19H18N4O3S. The number of ether oxygens (including phenoxy) is 1. The van der Waals surface area contributed by atoms with Crippen LogP contribution >= 0.6 is 0 Å². The van der Waals surface area contributed by atoms with Gasteiger partial charge in [0.25, 0.3) is 0 Å². The van der Waals surface area contributed by atoms with Crippen LogP contribution in [0.4, 0.5) is 11.5 Å². The molecule has 7 nitrogen and oxygen atoms in total. The molecule has 27 heavy (non-hydrogen) atoms. The first kappa shape index (κ1) is 18.6. The summed E-state index contributed by atoms with van der Waals surface area (Å²) in [6, 6.07) is 14.2. The van der Waals surface area contributed by atoms with Crippen LogP contribution in [-0.2, 0) is 9.84 Å². The van der Waals surface area contributed by atoms with E-state index < -0.39 is 9.84 Å². The second-order valence-electron chi connectivity index (χ2n) is 5.94. The van der Waals surface area contributed by atoms with Crippen molar-refractivity contribution in [3.63, 3.8) is 0 Å². The topological polar surface area (TPSA) is 105 Å². The Morgan fingerprint density at radius 1 is 1.19 bits per heavy atom. The first-order valence-corrected chi connectivity index (χ1v) is 10.2. The highest BCUT2D eigenvalue weighted by Gasteiger charge is 2.11. The van der Waals surface area contributed by atoms with Gasteiger partial charge in [0.15, 0.2) is 9.84 Å². The third-order valence-corrected chi connectivity index (χ3v) is 4.94. The first-order valence-electron chi connectivity index (χ1n) is 8.29. The van der Waals surface area contributed by atoms with Gasteiger partial charge in [0.05, 0.1) is 23.1 Å². The van der Waals surface area contributed by atoms with E-state index in [1.165, 1.54) is 12.4 Å². The van der Waals surface area contributed by atoms with E-state index >= 15 is 0 Å². The zero-order valence-corrected chi connectivity index (χ0v) is 15.5. The largest absolute Gasteiger partial charge is 0.493 e. The fourth-order valence-corrected chi connectivity index (χ4v) is 3.15. The molecule has 0 aliphatic heterocycles. The van der Waals surface area contributed by atoms with Crippen molar-refractivity contribution >= 4 is 32.2 Å². The van der Waals surface area contributed by atoms with Gasteiger partial charge >= 0.3 is 0 Å². The van der Waals surface area contributed by atoms with E-state index in [-0.39, 0.29) is 4.90 Å². The molecule has 138 valence electrons. The Morgan fingerprint density at radius 3 is 2.81 bits per heavy atom. The van der Waals surface area contributed by atoms with E-state index in [0.717, 1.165) is 11.9 Å². The summed E-state index contributed by atoms with van der Waals surface area (Å²) in [6.07, 6.45) is 3.71. The molecular weight excluding hydrogens is 364 g/mol. The molecule has 0 bridgehead atoms. The number of sulfone groups is 1. The van der Waals surface area contributed by atoms with Gasteiger partial charge in [-0.25, -0.2) is 18.4 Å². The van der Waals surface area contributed by atoms with Gasteiger partial charge in [0.2, 0.25) is 0 Å². The molecule has 0 amide bonds. The number of anilines is 2. The second-order valence-corrected chi connectivity index (χ2v) is 7.95. The number of fused-ring (bicyclic) bond motifs is 1. The van der Waals surface area contributed by atoms with Crippen molar-refractivity contribution in [1.29, 1.82) is 5.26 Å². The molecule has 0 unspecified atom stereocenters. The zero-order chi connectivity index (χ0) is 19.3. The molecule has 3 rings (SSSR count). The van der Waals surface area contributed by atoms with E-state index in [9.17, 15) is 8.42 Å². The maximum atomic E-state index is 11.8. The lowest BCUT2D eigenvalue weighted by Gasteiger charge is -2.11. The van der Waals surface area contributed by atoms with Gasteiger partial charge < -0.3 is 10.1 Å². The smallest absolute Gasteiger partial charge is 0.175 e. The molecule has 0 aliphatic carbocycles. The second kappa shape index (κ2) is 8.01. The molecule has 3 aromatic rings. The number of benzene rings is 2. The van der Waals surface area contributed by atoms with Crippen LogP contribution in [0.15, 0.2) is 53.7 Å². The quantitative estimate of drug-likeness (QED) is 0.624. The van der Waals surface area contributed by atoms with Crippen molar-refractivity contribution in [2.75, 3.05) is 18.2 Å². The molecule has 0 radical (unpaired) electrons. The van der Waals surface area contributed by atoms with Crippen LogP contribution in [0.3, 0.4) is 0 Å². The molecule has 0 atom stereocenters. The highest BCUT2D eigenvalue weighted by molar-refractivity contribution is 7.90. The summed E-state index contributed by atoms with van der Waals surface area (Å²) < 4.78 is 29.3. The summed E-state index contributed by atoms with van der Waals surface area (Å²) in [6.45, 7) is 0.463. The number of hydrogen-bond donors (Lipinski definition) is 1. The number of nitrogens with zero attached hydrogens (tertiary/aromatic N) is 3. The van der Waals surface area contributed by atoms with Crippen molar-refractivity contribution < 1.29 is 13.2 Å². The predicted octanol–water partition coefficient (Wildman–Crippen LogP) is 3.46. The van der Waals surface area contributed by atoms with Gasteiger partial charge in [-0.2, -0.15) is 5.26 Å². The van der Waals surface area contributed by atoms with Crippen LogP contribution in [-0.4, -0.2) is 31.2 Å². The Hall–Kier alpha value is -3.18. The predicted molar refractivity (Wildman–Crippen MR) is 103 cm³/mol. The summed E-state index contributed by atoms with van der Waals surface area (Å²) in [5.41, 5.74) is 1.39. The Morgan fingerprint density at radius 2 is 2.04 bits per heavy atom. The number of unbranched alkanes of at least 4 members (excludes halogenated alkanes) is 1. The summed E-state index contributed by atoms with van der Waals surface area (Å²) in [7, 11) is -3.33. The Labute approximate surface area is 157 Å². The maximum absolute atomic E-state index is 11.8. The number of rotatable bonds is 7. The highest BCUT2D eigenvalue weighted by Crippen LogP contribution is 2.27. The van der Waals surface area contributed by atoms with E-state index in [4.69, 9.17) is 10.00 Å². The van der Waals surface area contributed by atoms with Crippen LogP contribution in [0.25, 0.3) is 10.9 Å². The first-order chi connectivity index (χ1) is 13.0.